The number of pyridine rings is 1. The van der Waals surface area contributed by atoms with Gasteiger partial charge >= 0.3 is 0 Å². The second-order valence-corrected chi connectivity index (χ2v) is 4.34. The summed E-state index contributed by atoms with van der Waals surface area (Å²) in [7, 11) is 0. The van der Waals surface area contributed by atoms with Crippen molar-refractivity contribution in [3.63, 3.8) is 0 Å². The number of aryl methyl sites for hydroxylation is 2. The van der Waals surface area contributed by atoms with E-state index in [0.717, 1.165) is 18.5 Å². The molecular formula is C14H15N3. The lowest BCUT2D eigenvalue weighted by molar-refractivity contribution is 0.667. The number of anilines is 1. The van der Waals surface area contributed by atoms with Crippen molar-refractivity contribution in [3.8, 4) is 18.4 Å². The molecule has 3 heteroatoms. The van der Waals surface area contributed by atoms with Crippen LogP contribution in [0.5, 0.6) is 0 Å². The molecule has 3 nitrogen and oxygen atoms in total. The normalized spacial score (nSPS) is 15.2. The topological polar surface area (TPSA) is 48.7 Å². The van der Waals surface area contributed by atoms with E-state index in [1.165, 1.54) is 18.4 Å². The first-order chi connectivity index (χ1) is 8.24. The van der Waals surface area contributed by atoms with E-state index < -0.39 is 0 Å². The van der Waals surface area contributed by atoms with E-state index in [9.17, 15) is 0 Å². The maximum Gasteiger partial charge on any atom is 0.145 e. The van der Waals surface area contributed by atoms with Gasteiger partial charge in [-0.05, 0) is 44.2 Å². The van der Waals surface area contributed by atoms with E-state index in [4.69, 9.17) is 11.7 Å². The molecule has 17 heavy (non-hydrogen) atoms. The molecule has 0 aliphatic heterocycles. The average molecular weight is 225 g/mol. The third kappa shape index (κ3) is 2.40. The van der Waals surface area contributed by atoms with Gasteiger partial charge in [0.2, 0.25) is 0 Å². The first-order valence-corrected chi connectivity index (χ1v) is 5.90. The van der Waals surface area contributed by atoms with Crippen molar-refractivity contribution in [1.29, 1.82) is 5.26 Å². The van der Waals surface area contributed by atoms with Gasteiger partial charge in [0.1, 0.15) is 11.9 Å². The predicted molar refractivity (Wildman–Crippen MR) is 67.5 cm³/mol. The summed E-state index contributed by atoms with van der Waals surface area (Å²) < 4.78 is 0. The van der Waals surface area contributed by atoms with Crippen LogP contribution in [0, 0.1) is 23.7 Å². The monoisotopic (exact) mass is 225 g/mol. The molecule has 1 aliphatic rings. The van der Waals surface area contributed by atoms with Crippen LogP contribution < -0.4 is 5.32 Å². The van der Waals surface area contributed by atoms with Crippen LogP contribution in [-0.4, -0.2) is 11.0 Å². The zero-order chi connectivity index (χ0) is 12.3. The summed E-state index contributed by atoms with van der Waals surface area (Å²) in [6.07, 6.45) is 9.72. The fourth-order valence-electron chi connectivity index (χ4n) is 2.08. The van der Waals surface area contributed by atoms with Gasteiger partial charge < -0.3 is 5.32 Å². The molecule has 0 bridgehead atoms. The van der Waals surface area contributed by atoms with Crippen molar-refractivity contribution in [2.75, 3.05) is 5.32 Å². The third-order valence-corrected chi connectivity index (χ3v) is 3.02. The lowest BCUT2D eigenvalue weighted by Gasteiger charge is -2.18. The number of nitrogens with zero attached hydrogens (tertiary/aromatic N) is 2. The molecule has 2 rings (SSSR count). The summed E-state index contributed by atoms with van der Waals surface area (Å²) in [5.74, 6) is 3.21. The molecule has 0 saturated carbocycles. The van der Waals surface area contributed by atoms with Crippen molar-refractivity contribution in [1.82, 2.24) is 4.98 Å². The lowest BCUT2D eigenvalue weighted by atomic mass is 9.95. The highest BCUT2D eigenvalue weighted by Gasteiger charge is 2.15. The molecule has 0 saturated heterocycles. The van der Waals surface area contributed by atoms with E-state index in [2.05, 4.69) is 22.3 Å². The van der Waals surface area contributed by atoms with Crippen molar-refractivity contribution in [2.24, 2.45) is 0 Å². The number of fused-ring (bicyclic) bond motifs is 1. The second kappa shape index (κ2) is 4.89. The SMILES string of the molecule is C#CC(C)Nc1nc2c(cc1C#N)CCCC2. The zero-order valence-electron chi connectivity index (χ0n) is 9.95. The summed E-state index contributed by atoms with van der Waals surface area (Å²) in [4.78, 5) is 4.54. The van der Waals surface area contributed by atoms with Gasteiger partial charge in [0.25, 0.3) is 0 Å². The van der Waals surface area contributed by atoms with Crippen LogP contribution >= 0.6 is 0 Å². The Labute approximate surface area is 102 Å². The number of hydrogen-bond donors (Lipinski definition) is 1. The van der Waals surface area contributed by atoms with E-state index in [0.29, 0.717) is 11.4 Å². The highest BCUT2D eigenvalue weighted by molar-refractivity contribution is 5.55. The Balaban J connectivity index is 2.38. The highest BCUT2D eigenvalue weighted by Crippen LogP contribution is 2.24. The van der Waals surface area contributed by atoms with Gasteiger partial charge in [0.05, 0.1) is 11.6 Å². The summed E-state index contributed by atoms with van der Waals surface area (Å²) >= 11 is 0. The van der Waals surface area contributed by atoms with Gasteiger partial charge in [-0.3, -0.25) is 0 Å². The van der Waals surface area contributed by atoms with Crippen molar-refractivity contribution >= 4 is 5.82 Å². The summed E-state index contributed by atoms with van der Waals surface area (Å²) in [5, 5.41) is 12.2. The molecule has 1 aromatic rings. The minimum absolute atomic E-state index is 0.115. The van der Waals surface area contributed by atoms with Crippen LogP contribution in [0.1, 0.15) is 36.6 Å². The molecule has 1 heterocycles. The van der Waals surface area contributed by atoms with Crippen molar-refractivity contribution < 1.29 is 0 Å². The van der Waals surface area contributed by atoms with Crippen molar-refractivity contribution in [3.05, 3.63) is 22.9 Å². The quantitative estimate of drug-likeness (QED) is 0.785. The Hall–Kier alpha value is -2.00. The molecule has 1 N–H and O–H groups in total. The number of nitrogens with one attached hydrogen (secondary N) is 1. The van der Waals surface area contributed by atoms with Crippen LogP contribution in [-0.2, 0) is 12.8 Å². The van der Waals surface area contributed by atoms with Gasteiger partial charge in [-0.1, -0.05) is 5.92 Å². The van der Waals surface area contributed by atoms with E-state index >= 15 is 0 Å². The molecule has 1 aromatic heterocycles. The molecule has 0 aromatic carbocycles. The number of hydrogen-bond acceptors (Lipinski definition) is 3. The highest BCUT2D eigenvalue weighted by atomic mass is 15.0. The minimum atomic E-state index is -0.115. The molecule has 1 unspecified atom stereocenters. The van der Waals surface area contributed by atoms with Gasteiger partial charge in [-0.25, -0.2) is 4.98 Å². The smallest absolute Gasteiger partial charge is 0.145 e. The standard InChI is InChI=1S/C14H15N3/c1-3-10(2)16-14-12(9-15)8-11-6-4-5-7-13(11)17-14/h1,8,10H,4-7H2,2H3,(H,16,17). The lowest BCUT2D eigenvalue weighted by Crippen LogP contribution is -2.16. The molecule has 86 valence electrons. The van der Waals surface area contributed by atoms with Gasteiger partial charge in [-0.15, -0.1) is 6.42 Å². The average Bonchev–Trinajstić information content (AvgIpc) is 2.37. The maximum atomic E-state index is 9.12. The molecule has 1 atom stereocenters. The number of rotatable bonds is 2. The fourth-order valence-corrected chi connectivity index (χ4v) is 2.08. The van der Waals surface area contributed by atoms with Gasteiger partial charge in [0.15, 0.2) is 0 Å². The number of terminal acetylenes is 1. The van der Waals surface area contributed by atoms with Crippen LogP contribution in [0.2, 0.25) is 0 Å². The molecule has 1 aliphatic carbocycles. The largest absolute Gasteiger partial charge is 0.356 e. The van der Waals surface area contributed by atoms with Crippen LogP contribution in [0.4, 0.5) is 5.82 Å². The molecule has 0 fully saturated rings. The Morgan fingerprint density at radius 1 is 1.47 bits per heavy atom. The third-order valence-electron chi connectivity index (χ3n) is 3.02. The maximum absolute atomic E-state index is 9.12. The summed E-state index contributed by atoms with van der Waals surface area (Å²) in [6.45, 7) is 1.88. The number of nitriles is 1. The van der Waals surface area contributed by atoms with Crippen LogP contribution in [0.3, 0.4) is 0 Å². The second-order valence-electron chi connectivity index (χ2n) is 4.34. The summed E-state index contributed by atoms with van der Waals surface area (Å²) in [5.41, 5.74) is 2.92. The van der Waals surface area contributed by atoms with E-state index in [1.807, 2.05) is 13.0 Å². The van der Waals surface area contributed by atoms with Crippen LogP contribution in [0.15, 0.2) is 6.07 Å². The molecule has 0 amide bonds. The van der Waals surface area contributed by atoms with Crippen LogP contribution in [0.25, 0.3) is 0 Å². The number of aromatic nitrogens is 1. The molecule has 0 radical (unpaired) electrons. The summed E-state index contributed by atoms with van der Waals surface area (Å²) in [6, 6.07) is 4.02. The Kier molecular flexibility index (Phi) is 3.30. The van der Waals surface area contributed by atoms with Gasteiger partial charge in [-0.2, -0.15) is 5.26 Å². The Morgan fingerprint density at radius 3 is 2.94 bits per heavy atom. The first kappa shape index (κ1) is 11.5. The van der Waals surface area contributed by atoms with E-state index in [-0.39, 0.29) is 6.04 Å². The van der Waals surface area contributed by atoms with Crippen molar-refractivity contribution in [2.45, 2.75) is 38.6 Å². The minimum Gasteiger partial charge on any atom is -0.356 e. The Morgan fingerprint density at radius 2 is 2.24 bits per heavy atom. The fraction of sp³-hybridized carbons (Fsp3) is 0.429. The Bertz CT molecular complexity index is 505. The molecular weight excluding hydrogens is 210 g/mol. The first-order valence-electron chi connectivity index (χ1n) is 5.90. The van der Waals surface area contributed by atoms with Gasteiger partial charge in [0, 0.05) is 5.69 Å². The molecule has 0 spiro atoms. The van der Waals surface area contributed by atoms with E-state index in [1.54, 1.807) is 0 Å². The predicted octanol–water partition coefficient (Wildman–Crippen LogP) is 2.27. The zero-order valence-corrected chi connectivity index (χ0v) is 9.95.